The molecular formula is C40H51N5O9S. The molecule has 4 rings (SSSR count). The highest BCUT2D eigenvalue weighted by atomic mass is 32.2. The maximum atomic E-state index is 13.7. The molecule has 1 aliphatic heterocycles. The third-order valence-electron chi connectivity index (χ3n) is 9.10. The Hall–Kier alpha value is -5.15. The van der Waals surface area contributed by atoms with E-state index in [2.05, 4.69) is 27.6 Å². The van der Waals surface area contributed by atoms with Gasteiger partial charge in [0.05, 0.1) is 11.4 Å². The Kier molecular flexibility index (Phi) is 16.8. The van der Waals surface area contributed by atoms with Gasteiger partial charge in [-0.2, -0.15) is 23.7 Å². The summed E-state index contributed by atoms with van der Waals surface area (Å²) in [5.41, 5.74) is -0.513. The molecule has 0 fully saturated rings. The van der Waals surface area contributed by atoms with E-state index in [0.717, 1.165) is 48.9 Å². The van der Waals surface area contributed by atoms with Gasteiger partial charge in [0.25, 0.3) is 16.0 Å². The molecule has 0 saturated carbocycles. The molecule has 1 atom stereocenters. The van der Waals surface area contributed by atoms with Crippen LogP contribution in [-0.4, -0.2) is 52.8 Å². The number of unbranched alkanes of at least 4 members (excludes halogenated alkanes) is 14. The molecule has 15 heteroatoms. The number of hydrazone groups is 1. The van der Waals surface area contributed by atoms with Gasteiger partial charge in [-0.05, 0) is 55.0 Å². The maximum absolute atomic E-state index is 13.7. The fraction of sp³-hybridized carbons (Fsp3) is 0.450. The Bertz CT molecular complexity index is 1920. The number of rotatable bonds is 23. The van der Waals surface area contributed by atoms with Crippen LogP contribution in [-0.2, 0) is 19.7 Å². The fourth-order valence-corrected chi connectivity index (χ4v) is 6.73. The number of aromatic hydroxyl groups is 1. The average molecular weight is 778 g/mol. The lowest BCUT2D eigenvalue weighted by molar-refractivity contribution is -0.119. The number of carbonyl (C=O) groups excluding carboxylic acids is 2. The lowest BCUT2D eigenvalue weighted by Crippen LogP contribution is -2.39. The van der Waals surface area contributed by atoms with Crippen molar-refractivity contribution in [3.63, 3.8) is 0 Å². The molecule has 14 nitrogen and oxygen atoms in total. The highest BCUT2D eigenvalue weighted by Crippen LogP contribution is 2.34. The number of ether oxygens (including phenoxy) is 1. The van der Waals surface area contributed by atoms with Crippen LogP contribution in [0.5, 0.6) is 17.2 Å². The quantitative estimate of drug-likeness (QED) is 0.0410. The Balaban J connectivity index is 1.39. The molecule has 2 amide bonds. The van der Waals surface area contributed by atoms with E-state index in [1.165, 1.54) is 82.4 Å². The van der Waals surface area contributed by atoms with E-state index in [4.69, 9.17) is 4.74 Å². The van der Waals surface area contributed by atoms with Crippen LogP contribution in [0.25, 0.3) is 0 Å². The van der Waals surface area contributed by atoms with Gasteiger partial charge in [-0.3, -0.25) is 14.1 Å². The first kappa shape index (κ1) is 42.6. The van der Waals surface area contributed by atoms with Gasteiger partial charge in [-0.1, -0.05) is 115 Å². The smallest absolute Gasteiger partial charge is 0.339 e. The minimum atomic E-state index is -4.85. The van der Waals surface area contributed by atoms with Crippen LogP contribution in [0.3, 0.4) is 0 Å². The Labute approximate surface area is 322 Å². The lowest BCUT2D eigenvalue weighted by Gasteiger charge is -2.15. The summed E-state index contributed by atoms with van der Waals surface area (Å²) in [4.78, 5) is 37.6. The molecule has 0 saturated heterocycles. The molecule has 0 bridgehead atoms. The summed E-state index contributed by atoms with van der Waals surface area (Å²) in [6.07, 6.45) is 17.9. The zero-order chi connectivity index (χ0) is 39.6. The number of nitrogens with zero attached hydrogens (tertiary/aromatic N) is 4. The molecular weight excluding hydrogens is 727 g/mol. The summed E-state index contributed by atoms with van der Waals surface area (Å²) in [5, 5.41) is 35.0. The summed E-state index contributed by atoms with van der Waals surface area (Å²) >= 11 is 0. The first-order valence-corrected chi connectivity index (χ1v) is 20.5. The summed E-state index contributed by atoms with van der Waals surface area (Å²) < 4.78 is 40.5. The van der Waals surface area contributed by atoms with E-state index >= 15 is 0 Å². The van der Waals surface area contributed by atoms with Gasteiger partial charge < -0.3 is 20.3 Å². The zero-order valence-corrected chi connectivity index (χ0v) is 32.0. The number of para-hydroxylation sites is 1. The molecule has 0 spiro atoms. The Morgan fingerprint density at radius 3 is 2.02 bits per heavy atom. The van der Waals surface area contributed by atoms with Crippen LogP contribution in [0.4, 0.5) is 11.4 Å². The van der Waals surface area contributed by atoms with Gasteiger partial charge in [0.1, 0.15) is 27.7 Å². The number of carboxylic acid groups (broad SMARTS) is 1. The van der Waals surface area contributed by atoms with Crippen molar-refractivity contribution in [2.75, 3.05) is 5.01 Å². The van der Waals surface area contributed by atoms with Crippen LogP contribution >= 0.6 is 0 Å². The van der Waals surface area contributed by atoms with Crippen molar-refractivity contribution < 1.29 is 42.3 Å². The number of hydrogen-bond donors (Lipinski definition) is 4. The largest absolute Gasteiger partial charge is 0.507 e. The molecule has 55 heavy (non-hydrogen) atoms. The highest BCUT2D eigenvalue weighted by molar-refractivity contribution is 7.86. The number of phenols is 1. The highest BCUT2D eigenvalue weighted by Gasteiger charge is 2.39. The molecule has 3 aromatic carbocycles. The van der Waals surface area contributed by atoms with E-state index < -0.39 is 50.2 Å². The molecule has 1 unspecified atom stereocenters. The standard InChI is InChI=1S/C40H51N5O9S/c1-2-3-4-5-6-7-8-9-10-11-12-13-14-15-19-22-36(47)41-38-37(43-42-29-23-25-33(46)32(27-29)40(49)50)39(48)45(44-38)30-24-26-34(35(28-30)55(51,52)53)54-31-20-17-16-18-21-31/h16-18,20-21,23-28,37,46H,2-15,19,22H2,1H3,(H,49,50)(H,41,44,47)(H,51,52,53)/b43-42+. The minimum absolute atomic E-state index is 0.000931. The number of carboxylic acids is 1. The van der Waals surface area contributed by atoms with Gasteiger partial charge in [0, 0.05) is 6.42 Å². The van der Waals surface area contributed by atoms with E-state index in [1.807, 2.05) is 0 Å². The Morgan fingerprint density at radius 1 is 0.836 bits per heavy atom. The van der Waals surface area contributed by atoms with Crippen molar-refractivity contribution in [3.8, 4) is 17.2 Å². The van der Waals surface area contributed by atoms with E-state index in [9.17, 15) is 37.6 Å². The maximum Gasteiger partial charge on any atom is 0.339 e. The van der Waals surface area contributed by atoms with E-state index in [-0.39, 0.29) is 29.4 Å². The number of hydrogen-bond acceptors (Lipinski definition) is 10. The van der Waals surface area contributed by atoms with Crippen molar-refractivity contribution in [1.29, 1.82) is 0 Å². The van der Waals surface area contributed by atoms with Crippen LogP contribution in [0.15, 0.2) is 87.0 Å². The molecule has 296 valence electrons. The first-order chi connectivity index (χ1) is 26.5. The van der Waals surface area contributed by atoms with E-state index in [0.29, 0.717) is 12.2 Å². The first-order valence-electron chi connectivity index (χ1n) is 19.0. The topological polar surface area (TPSA) is 208 Å². The molecule has 4 N–H and O–H groups in total. The van der Waals surface area contributed by atoms with E-state index in [1.54, 1.807) is 30.3 Å². The molecule has 3 aromatic rings. The number of nitrogens with one attached hydrogen (secondary N) is 1. The van der Waals surface area contributed by atoms with Crippen LogP contribution < -0.4 is 15.1 Å². The van der Waals surface area contributed by atoms with Crippen LogP contribution in [0.1, 0.15) is 120 Å². The van der Waals surface area contributed by atoms with Gasteiger partial charge in [0.2, 0.25) is 11.9 Å². The molecule has 0 radical (unpaired) electrons. The van der Waals surface area contributed by atoms with Crippen molar-refractivity contribution >= 4 is 45.1 Å². The number of anilines is 1. The predicted molar refractivity (Wildman–Crippen MR) is 209 cm³/mol. The third kappa shape index (κ3) is 13.6. The number of amidine groups is 1. The molecule has 0 aromatic heterocycles. The fourth-order valence-electron chi connectivity index (χ4n) is 6.10. The average Bonchev–Trinajstić information content (AvgIpc) is 3.46. The van der Waals surface area contributed by atoms with Crippen LogP contribution in [0.2, 0.25) is 0 Å². The second-order valence-corrected chi connectivity index (χ2v) is 14.9. The van der Waals surface area contributed by atoms with Crippen molar-refractivity contribution in [3.05, 3.63) is 72.3 Å². The number of carbonyl (C=O) groups is 3. The Morgan fingerprint density at radius 2 is 1.44 bits per heavy atom. The number of aromatic carboxylic acids is 1. The number of amides is 2. The van der Waals surface area contributed by atoms with Crippen molar-refractivity contribution in [2.24, 2.45) is 15.3 Å². The van der Waals surface area contributed by atoms with Gasteiger partial charge in [-0.25, -0.2) is 4.79 Å². The molecule has 1 aliphatic rings. The van der Waals surface area contributed by atoms with Crippen molar-refractivity contribution in [1.82, 2.24) is 5.32 Å². The van der Waals surface area contributed by atoms with Gasteiger partial charge >= 0.3 is 5.97 Å². The number of benzene rings is 3. The van der Waals surface area contributed by atoms with Crippen LogP contribution in [0, 0.1) is 0 Å². The summed E-state index contributed by atoms with van der Waals surface area (Å²) in [6.45, 7) is 2.23. The summed E-state index contributed by atoms with van der Waals surface area (Å²) in [6, 6.07) is 13.9. The third-order valence-corrected chi connectivity index (χ3v) is 9.98. The van der Waals surface area contributed by atoms with Crippen molar-refractivity contribution in [2.45, 2.75) is 121 Å². The zero-order valence-electron chi connectivity index (χ0n) is 31.2. The van der Waals surface area contributed by atoms with Gasteiger partial charge in [0.15, 0.2) is 5.84 Å². The SMILES string of the molecule is CCCCCCCCCCCCCCCCCC(=O)NC1=NN(c2ccc(Oc3ccccc3)c(S(=O)(=O)O)c2)C(=O)C1/N=N/c1ccc(O)c(C(=O)O)c1. The monoisotopic (exact) mass is 777 g/mol. The molecule has 0 aliphatic carbocycles. The second kappa shape index (κ2) is 21.7. The predicted octanol–water partition coefficient (Wildman–Crippen LogP) is 9.32. The normalized spacial score (nSPS) is 14.4. The second-order valence-electron chi connectivity index (χ2n) is 13.5. The lowest BCUT2D eigenvalue weighted by atomic mass is 10.0. The van der Waals surface area contributed by atoms with Gasteiger partial charge in [-0.15, -0.1) is 5.10 Å². The summed E-state index contributed by atoms with van der Waals surface area (Å²) in [5.74, 6) is -3.21. The minimum Gasteiger partial charge on any atom is -0.507 e. The number of azo groups is 1. The summed E-state index contributed by atoms with van der Waals surface area (Å²) in [7, 11) is -4.85. The molecule has 1 heterocycles.